The number of hydrogen-bond acceptors (Lipinski definition) is 6. The molecule has 31 heavy (non-hydrogen) atoms. The Labute approximate surface area is 185 Å². The van der Waals surface area contributed by atoms with Crippen LogP contribution in [0, 0.1) is 13.8 Å². The summed E-state index contributed by atoms with van der Waals surface area (Å²) in [5.41, 5.74) is 3.05. The third-order valence-corrected chi connectivity index (χ3v) is 4.88. The zero-order valence-corrected chi connectivity index (χ0v) is 18.4. The molecule has 3 aromatic rings. The summed E-state index contributed by atoms with van der Waals surface area (Å²) in [4.78, 5) is 12.2. The van der Waals surface area contributed by atoms with Crippen LogP contribution in [-0.4, -0.2) is 25.3 Å². The van der Waals surface area contributed by atoms with Gasteiger partial charge in [-0.1, -0.05) is 22.8 Å². The fourth-order valence-corrected chi connectivity index (χ4v) is 3.12. The van der Waals surface area contributed by atoms with Crippen LogP contribution >= 0.6 is 11.6 Å². The van der Waals surface area contributed by atoms with Crippen molar-refractivity contribution >= 4 is 29.3 Å². The number of nitrogens with zero attached hydrogens (tertiary/aromatic N) is 1. The fraction of sp³-hybridized carbons (Fsp3) is 0.217. The smallest absolute Gasteiger partial charge is 0.248 e. The summed E-state index contributed by atoms with van der Waals surface area (Å²) < 4.78 is 21.6. The van der Waals surface area contributed by atoms with E-state index in [4.69, 9.17) is 30.3 Å². The van der Waals surface area contributed by atoms with Gasteiger partial charge < -0.3 is 24.1 Å². The lowest BCUT2D eigenvalue weighted by Gasteiger charge is -2.11. The average Bonchev–Trinajstić information content (AvgIpc) is 3.08. The van der Waals surface area contributed by atoms with Gasteiger partial charge in [-0.25, -0.2) is 0 Å². The van der Waals surface area contributed by atoms with Crippen LogP contribution < -0.4 is 19.5 Å². The summed E-state index contributed by atoms with van der Waals surface area (Å²) in [5.74, 6) is 2.10. The molecule has 2 aromatic carbocycles. The van der Waals surface area contributed by atoms with Crippen LogP contribution in [-0.2, 0) is 11.4 Å². The molecule has 8 heteroatoms. The molecular formula is C23H23ClN2O5. The molecule has 0 aliphatic rings. The molecule has 1 heterocycles. The molecule has 0 spiro atoms. The molecule has 0 aliphatic carbocycles. The minimum Gasteiger partial charge on any atom is -0.495 e. The van der Waals surface area contributed by atoms with Crippen molar-refractivity contribution < 1.29 is 23.5 Å². The number of anilines is 1. The SMILES string of the molecule is COc1ccc(NC(=O)C=Cc2ccc(OCc3c(C)noc3C)c(OC)c2)cc1Cl. The van der Waals surface area contributed by atoms with Crippen LogP contribution in [0.5, 0.6) is 17.2 Å². The van der Waals surface area contributed by atoms with Gasteiger partial charge in [-0.2, -0.15) is 0 Å². The third kappa shape index (κ3) is 5.58. The van der Waals surface area contributed by atoms with E-state index in [2.05, 4.69) is 10.5 Å². The summed E-state index contributed by atoms with van der Waals surface area (Å²) in [6.07, 6.45) is 3.11. The van der Waals surface area contributed by atoms with Gasteiger partial charge >= 0.3 is 0 Å². The van der Waals surface area contributed by atoms with Gasteiger partial charge in [-0.3, -0.25) is 4.79 Å². The molecule has 3 rings (SSSR count). The Kier molecular flexibility index (Phi) is 7.20. The standard InChI is InChI=1S/C23H23ClN2O5/c1-14-18(15(2)31-26-14)13-30-21-8-5-16(11-22(21)29-4)6-10-23(27)25-17-7-9-20(28-3)19(24)12-17/h5-12H,13H2,1-4H3,(H,25,27). The van der Waals surface area contributed by atoms with E-state index in [-0.39, 0.29) is 5.91 Å². The molecule has 0 atom stereocenters. The van der Waals surface area contributed by atoms with Crippen LogP contribution in [0.3, 0.4) is 0 Å². The van der Waals surface area contributed by atoms with E-state index in [0.29, 0.717) is 34.6 Å². The lowest BCUT2D eigenvalue weighted by molar-refractivity contribution is -0.111. The van der Waals surface area contributed by atoms with Crippen molar-refractivity contribution in [3.05, 3.63) is 70.1 Å². The first-order chi connectivity index (χ1) is 14.9. The second-order valence-electron chi connectivity index (χ2n) is 6.67. The fourth-order valence-electron chi connectivity index (χ4n) is 2.86. The van der Waals surface area contributed by atoms with Gasteiger partial charge in [-0.15, -0.1) is 0 Å². The van der Waals surface area contributed by atoms with Crippen LogP contribution in [0.2, 0.25) is 5.02 Å². The number of aromatic nitrogens is 1. The maximum Gasteiger partial charge on any atom is 0.248 e. The largest absolute Gasteiger partial charge is 0.495 e. The van der Waals surface area contributed by atoms with Crippen molar-refractivity contribution in [2.24, 2.45) is 0 Å². The second kappa shape index (κ2) is 10.0. The average molecular weight is 443 g/mol. The number of ether oxygens (including phenoxy) is 3. The van der Waals surface area contributed by atoms with Gasteiger partial charge in [0.05, 0.1) is 30.5 Å². The first-order valence-electron chi connectivity index (χ1n) is 9.46. The second-order valence-corrected chi connectivity index (χ2v) is 7.08. The first kappa shape index (κ1) is 22.2. The zero-order chi connectivity index (χ0) is 22.4. The molecule has 0 fully saturated rings. The van der Waals surface area contributed by atoms with Crippen LogP contribution in [0.25, 0.3) is 6.08 Å². The minimum atomic E-state index is -0.293. The number of amides is 1. The molecule has 0 radical (unpaired) electrons. The Morgan fingerprint density at radius 1 is 1.10 bits per heavy atom. The van der Waals surface area contributed by atoms with E-state index in [0.717, 1.165) is 22.6 Å². The van der Waals surface area contributed by atoms with E-state index in [1.165, 1.54) is 13.2 Å². The number of rotatable bonds is 8. The molecule has 0 unspecified atom stereocenters. The van der Waals surface area contributed by atoms with Crippen molar-refractivity contribution in [1.29, 1.82) is 0 Å². The third-order valence-electron chi connectivity index (χ3n) is 4.59. The molecule has 1 N–H and O–H groups in total. The highest BCUT2D eigenvalue weighted by atomic mass is 35.5. The number of hydrogen-bond donors (Lipinski definition) is 1. The van der Waals surface area contributed by atoms with Gasteiger partial charge in [0.1, 0.15) is 18.1 Å². The van der Waals surface area contributed by atoms with Crippen LogP contribution in [0.4, 0.5) is 5.69 Å². The molecule has 0 saturated heterocycles. The van der Waals surface area contributed by atoms with E-state index in [1.54, 1.807) is 43.5 Å². The van der Waals surface area contributed by atoms with Crippen molar-refractivity contribution in [1.82, 2.24) is 5.16 Å². The molecule has 1 amide bonds. The number of carbonyl (C=O) groups is 1. The molecule has 1 aromatic heterocycles. The van der Waals surface area contributed by atoms with E-state index in [9.17, 15) is 4.79 Å². The maximum atomic E-state index is 12.2. The van der Waals surface area contributed by atoms with Gasteiger partial charge in [0.25, 0.3) is 0 Å². The summed E-state index contributed by atoms with van der Waals surface area (Å²) in [6, 6.07) is 10.4. The van der Waals surface area contributed by atoms with Crippen LogP contribution in [0.1, 0.15) is 22.6 Å². The summed E-state index contributed by atoms with van der Waals surface area (Å²) in [6.45, 7) is 4.03. The molecule has 0 saturated carbocycles. The number of benzene rings is 2. The van der Waals surface area contributed by atoms with Gasteiger partial charge in [-0.05, 0) is 55.8 Å². The van der Waals surface area contributed by atoms with E-state index < -0.39 is 0 Å². The predicted molar refractivity (Wildman–Crippen MR) is 119 cm³/mol. The highest BCUT2D eigenvalue weighted by molar-refractivity contribution is 6.32. The molecule has 162 valence electrons. The van der Waals surface area contributed by atoms with E-state index >= 15 is 0 Å². The Morgan fingerprint density at radius 2 is 1.84 bits per heavy atom. The highest BCUT2D eigenvalue weighted by Gasteiger charge is 2.12. The Morgan fingerprint density at radius 3 is 2.48 bits per heavy atom. The van der Waals surface area contributed by atoms with Crippen LogP contribution in [0.15, 0.2) is 47.0 Å². The lowest BCUT2D eigenvalue weighted by atomic mass is 10.1. The Balaban J connectivity index is 1.65. The minimum absolute atomic E-state index is 0.293. The number of halogens is 1. The highest BCUT2D eigenvalue weighted by Crippen LogP contribution is 2.30. The number of nitrogens with one attached hydrogen (secondary N) is 1. The first-order valence-corrected chi connectivity index (χ1v) is 9.84. The van der Waals surface area contributed by atoms with Gasteiger partial charge in [0.2, 0.25) is 5.91 Å². The molecule has 7 nitrogen and oxygen atoms in total. The topological polar surface area (TPSA) is 82.8 Å². The Hall–Kier alpha value is -3.45. The maximum absolute atomic E-state index is 12.2. The number of aryl methyl sites for hydroxylation is 2. The Bertz CT molecular complexity index is 1090. The zero-order valence-electron chi connectivity index (χ0n) is 17.7. The summed E-state index contributed by atoms with van der Waals surface area (Å²) in [7, 11) is 3.09. The lowest BCUT2D eigenvalue weighted by Crippen LogP contribution is -2.07. The van der Waals surface area contributed by atoms with Crippen molar-refractivity contribution in [3.63, 3.8) is 0 Å². The molecule has 0 bridgehead atoms. The summed E-state index contributed by atoms with van der Waals surface area (Å²) >= 11 is 6.08. The number of carbonyl (C=O) groups excluding carboxylic acids is 1. The number of methoxy groups -OCH3 is 2. The van der Waals surface area contributed by atoms with Gasteiger partial charge in [0, 0.05) is 11.8 Å². The van der Waals surface area contributed by atoms with Crippen molar-refractivity contribution in [3.8, 4) is 17.2 Å². The monoisotopic (exact) mass is 442 g/mol. The molecule has 0 aliphatic heterocycles. The normalized spacial score (nSPS) is 10.9. The van der Waals surface area contributed by atoms with E-state index in [1.807, 2.05) is 19.9 Å². The quantitative estimate of drug-likeness (QED) is 0.483. The molecular weight excluding hydrogens is 420 g/mol. The summed E-state index contributed by atoms with van der Waals surface area (Å²) in [5, 5.41) is 7.09. The van der Waals surface area contributed by atoms with Crippen molar-refractivity contribution in [2.75, 3.05) is 19.5 Å². The van der Waals surface area contributed by atoms with Crippen molar-refractivity contribution in [2.45, 2.75) is 20.5 Å². The predicted octanol–water partition coefficient (Wildman–Crippen LogP) is 5.19. The van der Waals surface area contributed by atoms with Gasteiger partial charge in [0.15, 0.2) is 11.5 Å².